The molecule has 104 heavy (non-hydrogen) atoms. The normalized spacial score (nSPS) is 15.0. The van der Waals surface area contributed by atoms with Crippen molar-refractivity contribution in [3.8, 4) is 90.0 Å². The van der Waals surface area contributed by atoms with Crippen LogP contribution in [0.4, 0.5) is 0 Å². The molecule has 2 atom stereocenters. The van der Waals surface area contributed by atoms with Gasteiger partial charge in [0, 0.05) is 49.4 Å². The van der Waals surface area contributed by atoms with Crippen molar-refractivity contribution in [1.29, 1.82) is 0 Å². The lowest BCUT2D eigenvalue weighted by Gasteiger charge is -2.39. The smallest absolute Gasteiger partial charge is 0.423 e. The van der Waals surface area contributed by atoms with Gasteiger partial charge in [0.2, 0.25) is 5.28 Å². The van der Waals surface area contributed by atoms with Gasteiger partial charge in [0.05, 0.1) is 67.0 Å². The van der Waals surface area contributed by atoms with E-state index in [0.29, 0.717) is 5.46 Å². The summed E-state index contributed by atoms with van der Waals surface area (Å²) < 4.78 is 4.90. The molecular formula is C94H60BClN6O2. The van der Waals surface area contributed by atoms with Crippen molar-refractivity contribution < 1.29 is 10.0 Å². The lowest BCUT2D eigenvalue weighted by molar-refractivity contribution is 0.425. The van der Waals surface area contributed by atoms with E-state index in [9.17, 15) is 10.0 Å². The van der Waals surface area contributed by atoms with Crippen molar-refractivity contribution >= 4 is 67.8 Å². The Bertz CT molecular complexity index is 6380. The highest BCUT2D eigenvalue weighted by atomic mass is 35.5. The quantitative estimate of drug-likeness (QED) is 0.127. The summed E-state index contributed by atoms with van der Waals surface area (Å²) in [6, 6.07) is 124. The number of hydrogen-bond acceptors (Lipinski definition) is 6. The third kappa shape index (κ3) is 9.14. The fraction of sp³-hybridized carbons (Fsp3) is 0.0213. The fourth-order valence-corrected chi connectivity index (χ4v) is 17.6. The van der Waals surface area contributed by atoms with Crippen molar-refractivity contribution in [3.63, 3.8) is 0 Å². The SMILES string of the molecule is Clc1nc(-c2ccccc2)cc(-c2ccccc2)n1.OB(O)c1ccc2c(c1)C1(c3ccccc3-2)c2ccccc2-n2c3ccccc3c3cccc1c32.c1ccc(-c2cc(-c3ccccc3)nc(-c3ccc4c(c3)C3(c5ccccc5-4)c4ccccc4-n4c5ccccc5c5cccc3c54)n2)cc1. The maximum absolute atomic E-state index is 10.1. The van der Waals surface area contributed by atoms with Gasteiger partial charge in [0.15, 0.2) is 5.82 Å². The van der Waals surface area contributed by atoms with Crippen LogP contribution in [0.2, 0.25) is 5.28 Å². The summed E-state index contributed by atoms with van der Waals surface area (Å²) >= 11 is 6.03. The van der Waals surface area contributed by atoms with E-state index in [-0.39, 0.29) is 5.28 Å². The average Bonchev–Trinajstić information content (AvgIpc) is 1.49. The maximum atomic E-state index is 10.1. The van der Waals surface area contributed by atoms with E-state index in [1.54, 1.807) is 0 Å². The minimum Gasteiger partial charge on any atom is -0.423 e. The molecule has 4 aliphatic rings. The van der Waals surface area contributed by atoms with Gasteiger partial charge >= 0.3 is 7.12 Å². The van der Waals surface area contributed by atoms with E-state index in [4.69, 9.17) is 21.6 Å². The predicted molar refractivity (Wildman–Crippen MR) is 423 cm³/mol. The predicted octanol–water partition coefficient (Wildman–Crippen LogP) is 20.9. The van der Waals surface area contributed by atoms with E-state index in [1.165, 1.54) is 105 Å². The van der Waals surface area contributed by atoms with Crippen LogP contribution in [0.15, 0.2) is 352 Å². The highest BCUT2D eigenvalue weighted by Gasteiger charge is 2.53. The highest BCUT2D eigenvalue weighted by molar-refractivity contribution is 6.58. The molecule has 0 bridgehead atoms. The summed E-state index contributed by atoms with van der Waals surface area (Å²) in [5.41, 5.74) is 30.2. The van der Waals surface area contributed by atoms with E-state index >= 15 is 0 Å². The number of aromatic nitrogens is 6. The zero-order valence-electron chi connectivity index (χ0n) is 56.0. The van der Waals surface area contributed by atoms with Crippen LogP contribution in [0.3, 0.4) is 0 Å². The fourth-order valence-electron chi connectivity index (χ4n) is 17.5. The van der Waals surface area contributed by atoms with Gasteiger partial charge in [-0.25, -0.2) is 19.9 Å². The Morgan fingerprint density at radius 3 is 1.07 bits per heavy atom. The van der Waals surface area contributed by atoms with Gasteiger partial charge in [-0.3, -0.25) is 0 Å². The van der Waals surface area contributed by atoms with Gasteiger partial charge < -0.3 is 19.2 Å². The molecule has 0 saturated heterocycles. The second-order valence-corrected chi connectivity index (χ2v) is 27.3. The standard InChI is InChI=1S/C47H29N3.C31H20BNO2.C16H11ClN2/c1-3-14-30(15-4-1)41-29-42(31-16-5-2-6-17-31)49-46(48-41)32-26-27-34-33-18-7-9-21-37(33)47(40(34)28-32)38-22-10-12-25-44(38)50-43-24-11-8-19-35(43)36-20-13-23-39(47)45(36)50;34-32(35)19-16-17-21-20-8-1-3-11-24(20)31(27(21)18-19)25-12-4-6-15-29(25)33-28-14-5-2-9-22(28)23-10-7-13-26(31)30(23)33;17-16-18-14(12-7-3-1-4-8-12)11-15(19-16)13-9-5-2-6-10-13/h1-29H;1-18,34-35H;1-11H. The lowest BCUT2D eigenvalue weighted by atomic mass is 9.64. The third-order valence-corrected chi connectivity index (χ3v) is 21.8. The summed E-state index contributed by atoms with van der Waals surface area (Å²) in [5, 5.41) is 25.5. The Morgan fingerprint density at radius 2 is 0.615 bits per heavy atom. The largest absolute Gasteiger partial charge is 0.488 e. The molecule has 2 unspecified atom stereocenters. The Morgan fingerprint density at radius 1 is 0.269 bits per heavy atom. The van der Waals surface area contributed by atoms with Gasteiger partial charge in [0.25, 0.3) is 0 Å². The first-order valence-electron chi connectivity index (χ1n) is 35.1. The molecule has 2 spiro atoms. The summed E-state index contributed by atoms with van der Waals surface area (Å²) in [4.78, 5) is 19.0. The number of nitrogens with zero attached hydrogens (tertiary/aromatic N) is 6. The summed E-state index contributed by atoms with van der Waals surface area (Å²) in [6.45, 7) is 0. The first-order valence-corrected chi connectivity index (χ1v) is 35.5. The molecule has 22 rings (SSSR count). The van der Waals surface area contributed by atoms with Crippen molar-refractivity contribution in [2.45, 2.75) is 10.8 Å². The van der Waals surface area contributed by atoms with E-state index in [2.05, 4.69) is 274 Å². The maximum Gasteiger partial charge on any atom is 0.488 e. The van der Waals surface area contributed by atoms with Crippen LogP contribution in [0.1, 0.15) is 44.5 Å². The van der Waals surface area contributed by atoms with Crippen molar-refractivity contribution in [1.82, 2.24) is 29.1 Å². The second kappa shape index (κ2) is 24.2. The molecule has 6 heterocycles. The van der Waals surface area contributed by atoms with Gasteiger partial charge in [-0.15, -0.1) is 0 Å². The topological polar surface area (TPSA) is 102 Å². The van der Waals surface area contributed by atoms with Crippen molar-refractivity contribution in [3.05, 3.63) is 402 Å². The number of hydrogen-bond donors (Lipinski definition) is 2. The van der Waals surface area contributed by atoms with E-state index in [0.717, 1.165) is 73.2 Å². The summed E-state index contributed by atoms with van der Waals surface area (Å²) in [7, 11) is -1.53. The van der Waals surface area contributed by atoms with Gasteiger partial charge in [-0.05, 0) is 126 Å². The van der Waals surface area contributed by atoms with Crippen LogP contribution in [-0.4, -0.2) is 46.2 Å². The number of para-hydroxylation sites is 6. The number of fused-ring (bicyclic) bond motifs is 24. The Hall–Kier alpha value is -12.9. The Balaban J connectivity index is 0.000000115. The molecule has 18 aromatic rings. The summed E-state index contributed by atoms with van der Waals surface area (Å²) in [6.07, 6.45) is 0. The van der Waals surface area contributed by atoms with E-state index < -0.39 is 17.9 Å². The number of halogens is 1. The first-order chi connectivity index (χ1) is 51.3. The third-order valence-electron chi connectivity index (χ3n) is 21.7. The molecule has 2 aliphatic carbocycles. The zero-order chi connectivity index (χ0) is 69.2. The van der Waals surface area contributed by atoms with Gasteiger partial charge in [0.1, 0.15) is 0 Å². The monoisotopic (exact) mass is 1350 g/mol. The van der Waals surface area contributed by atoms with Crippen molar-refractivity contribution in [2.24, 2.45) is 0 Å². The molecule has 14 aromatic carbocycles. The van der Waals surface area contributed by atoms with Crippen LogP contribution >= 0.6 is 11.6 Å². The minimum absolute atomic E-state index is 0.264. The second-order valence-electron chi connectivity index (χ2n) is 27.0. The molecule has 488 valence electrons. The molecule has 0 saturated carbocycles. The van der Waals surface area contributed by atoms with Crippen LogP contribution < -0.4 is 5.46 Å². The van der Waals surface area contributed by atoms with Crippen LogP contribution in [0, 0.1) is 0 Å². The average molecular weight is 1350 g/mol. The van der Waals surface area contributed by atoms with Crippen LogP contribution in [0.5, 0.6) is 0 Å². The molecule has 8 nitrogen and oxygen atoms in total. The van der Waals surface area contributed by atoms with Crippen LogP contribution in [0.25, 0.3) is 134 Å². The Labute approximate surface area is 605 Å². The van der Waals surface area contributed by atoms with Crippen molar-refractivity contribution in [2.75, 3.05) is 0 Å². The highest BCUT2D eigenvalue weighted by Crippen LogP contribution is 2.63. The first kappa shape index (κ1) is 61.0. The molecular weight excluding hydrogens is 1290 g/mol. The van der Waals surface area contributed by atoms with Gasteiger partial charge in [-0.1, -0.05) is 309 Å². The van der Waals surface area contributed by atoms with Gasteiger partial charge in [-0.2, -0.15) is 0 Å². The van der Waals surface area contributed by atoms with E-state index in [1.807, 2.05) is 97.1 Å². The molecule has 2 aliphatic heterocycles. The molecule has 2 N–H and O–H groups in total. The summed E-state index contributed by atoms with van der Waals surface area (Å²) in [5.74, 6) is 0.718. The molecule has 10 heteroatoms. The lowest BCUT2D eigenvalue weighted by Crippen LogP contribution is -2.36. The molecule has 0 radical (unpaired) electrons. The molecule has 4 aromatic heterocycles. The zero-order valence-corrected chi connectivity index (χ0v) is 56.8. The minimum atomic E-state index is -1.53. The number of rotatable bonds is 6. The van der Waals surface area contributed by atoms with Crippen LogP contribution in [-0.2, 0) is 10.8 Å². The number of benzene rings is 14. The molecule has 0 amide bonds. The molecule has 0 fully saturated rings. The Kier molecular flexibility index (Phi) is 14.2.